The first kappa shape index (κ1) is 17.7. The first-order valence-electron chi connectivity index (χ1n) is 9.29. The van der Waals surface area contributed by atoms with Crippen molar-refractivity contribution in [1.82, 2.24) is 10.2 Å². The molecule has 1 aromatic rings. The van der Waals surface area contributed by atoms with E-state index in [0.717, 1.165) is 25.9 Å². The van der Waals surface area contributed by atoms with Gasteiger partial charge >= 0.3 is 6.03 Å². The lowest BCUT2D eigenvalue weighted by Crippen LogP contribution is -2.48. The van der Waals surface area contributed by atoms with Gasteiger partial charge in [-0.2, -0.15) is 0 Å². The van der Waals surface area contributed by atoms with E-state index in [4.69, 9.17) is 4.74 Å². The molecule has 3 aliphatic heterocycles. The Balaban J connectivity index is 1.41. The minimum absolute atomic E-state index is 0.00721. The van der Waals surface area contributed by atoms with Crippen LogP contribution in [0.4, 0.5) is 10.5 Å². The zero-order valence-corrected chi connectivity index (χ0v) is 15.4. The summed E-state index contributed by atoms with van der Waals surface area (Å²) in [6, 6.07) is 6.38. The molecule has 0 radical (unpaired) electrons. The van der Waals surface area contributed by atoms with Crippen LogP contribution in [-0.2, 0) is 9.53 Å². The number of rotatable bonds is 2. The summed E-state index contributed by atoms with van der Waals surface area (Å²) in [7, 11) is 0. The fraction of sp³-hybridized carbons (Fsp3) is 0.450. The number of carbonyl (C=O) groups is 3. The standard InChI is InChI=1S/C20H23N3O4/c1-14-6-11-27-20(12-14)7-9-22(10-8-20)18(25)15-2-4-16(5-3-15)23-13-17(24)21-19(23)26/h2-5,12H,6-11,13H2,1H3,(H,21,24,26). The third kappa shape index (κ3) is 3.47. The van der Waals surface area contributed by atoms with Crippen LogP contribution in [-0.4, -0.2) is 54.6 Å². The highest BCUT2D eigenvalue weighted by atomic mass is 16.5. The average Bonchev–Trinajstić information content (AvgIpc) is 3.00. The van der Waals surface area contributed by atoms with Crippen LogP contribution < -0.4 is 10.2 Å². The summed E-state index contributed by atoms with van der Waals surface area (Å²) in [6.07, 6.45) is 4.83. The minimum atomic E-state index is -0.434. The van der Waals surface area contributed by atoms with Gasteiger partial charge in [-0.1, -0.05) is 11.6 Å². The molecule has 0 aromatic heterocycles. The predicted octanol–water partition coefficient (Wildman–Crippen LogP) is 2.08. The molecule has 3 heterocycles. The van der Waals surface area contributed by atoms with Crippen molar-refractivity contribution in [2.45, 2.75) is 31.8 Å². The van der Waals surface area contributed by atoms with Crippen molar-refractivity contribution in [1.29, 1.82) is 0 Å². The van der Waals surface area contributed by atoms with E-state index in [-0.39, 0.29) is 24.0 Å². The normalized spacial score (nSPS) is 22.0. The highest BCUT2D eigenvalue weighted by molar-refractivity contribution is 6.12. The topological polar surface area (TPSA) is 79.0 Å². The maximum Gasteiger partial charge on any atom is 0.329 e. The Labute approximate surface area is 158 Å². The van der Waals surface area contributed by atoms with Gasteiger partial charge in [-0.3, -0.25) is 19.8 Å². The summed E-state index contributed by atoms with van der Waals surface area (Å²) >= 11 is 0. The van der Waals surface area contributed by atoms with Crippen LogP contribution in [0.2, 0.25) is 0 Å². The third-order valence-corrected chi connectivity index (χ3v) is 5.51. The average molecular weight is 369 g/mol. The molecular formula is C20H23N3O4. The Bertz CT molecular complexity index is 807. The van der Waals surface area contributed by atoms with Crippen LogP contribution in [0.1, 0.15) is 36.5 Å². The Kier molecular flexibility index (Phi) is 4.47. The highest BCUT2D eigenvalue weighted by Gasteiger charge is 2.37. The van der Waals surface area contributed by atoms with Crippen LogP contribution in [0.25, 0.3) is 0 Å². The number of anilines is 1. The predicted molar refractivity (Wildman–Crippen MR) is 99.5 cm³/mol. The molecule has 0 unspecified atom stereocenters. The highest BCUT2D eigenvalue weighted by Crippen LogP contribution is 2.33. The van der Waals surface area contributed by atoms with Crippen molar-refractivity contribution in [3.8, 4) is 0 Å². The maximum atomic E-state index is 12.8. The quantitative estimate of drug-likeness (QED) is 0.639. The summed E-state index contributed by atoms with van der Waals surface area (Å²) in [4.78, 5) is 39.1. The summed E-state index contributed by atoms with van der Waals surface area (Å²) in [5.41, 5.74) is 2.33. The van der Waals surface area contributed by atoms with E-state index in [2.05, 4.69) is 18.3 Å². The Morgan fingerprint density at radius 1 is 1.15 bits per heavy atom. The molecule has 0 saturated carbocycles. The van der Waals surface area contributed by atoms with Crippen LogP contribution in [0.3, 0.4) is 0 Å². The first-order valence-corrected chi connectivity index (χ1v) is 9.29. The number of benzene rings is 1. The summed E-state index contributed by atoms with van der Waals surface area (Å²) in [6.45, 7) is 4.22. The van der Waals surface area contributed by atoms with Crippen LogP contribution in [0, 0.1) is 0 Å². The summed E-state index contributed by atoms with van der Waals surface area (Å²) < 4.78 is 6.02. The van der Waals surface area contributed by atoms with Gasteiger partial charge < -0.3 is 9.64 Å². The molecule has 4 amide bonds. The van der Waals surface area contributed by atoms with E-state index in [1.807, 2.05) is 4.90 Å². The number of nitrogens with one attached hydrogen (secondary N) is 1. The second kappa shape index (κ2) is 6.81. The van der Waals surface area contributed by atoms with Crippen LogP contribution in [0.5, 0.6) is 0 Å². The van der Waals surface area contributed by atoms with Gasteiger partial charge in [0.15, 0.2) is 0 Å². The fourth-order valence-electron chi connectivity index (χ4n) is 3.97. The smallest absolute Gasteiger partial charge is 0.329 e. The van der Waals surface area contributed by atoms with Crippen molar-refractivity contribution in [2.75, 3.05) is 31.1 Å². The minimum Gasteiger partial charge on any atom is -0.370 e. The number of piperidine rings is 1. The Morgan fingerprint density at radius 2 is 1.85 bits per heavy atom. The lowest BCUT2D eigenvalue weighted by molar-refractivity contribution is -0.117. The van der Waals surface area contributed by atoms with E-state index in [1.165, 1.54) is 10.5 Å². The van der Waals surface area contributed by atoms with Gasteiger partial charge in [0.25, 0.3) is 5.91 Å². The van der Waals surface area contributed by atoms with Crippen molar-refractivity contribution in [3.63, 3.8) is 0 Å². The molecule has 3 aliphatic rings. The maximum absolute atomic E-state index is 12.8. The van der Waals surface area contributed by atoms with Gasteiger partial charge in [0.1, 0.15) is 6.54 Å². The third-order valence-electron chi connectivity index (χ3n) is 5.51. The summed E-state index contributed by atoms with van der Waals surface area (Å²) in [5.74, 6) is -0.341. The molecule has 1 N–H and O–H groups in total. The van der Waals surface area contributed by atoms with Gasteiger partial charge in [0, 0.05) is 24.3 Å². The second-order valence-corrected chi connectivity index (χ2v) is 7.43. The molecule has 2 saturated heterocycles. The molecule has 7 heteroatoms. The zero-order chi connectivity index (χ0) is 19.0. The monoisotopic (exact) mass is 369 g/mol. The van der Waals surface area contributed by atoms with Gasteiger partial charge in [-0.15, -0.1) is 0 Å². The first-order chi connectivity index (χ1) is 13.0. The largest absolute Gasteiger partial charge is 0.370 e. The van der Waals surface area contributed by atoms with E-state index in [1.54, 1.807) is 24.3 Å². The Hall–Kier alpha value is -2.67. The number of nitrogens with zero attached hydrogens (tertiary/aromatic N) is 2. The molecule has 1 spiro atoms. The van der Waals surface area contributed by atoms with E-state index in [0.29, 0.717) is 24.3 Å². The molecule has 27 heavy (non-hydrogen) atoms. The number of imide groups is 1. The lowest BCUT2D eigenvalue weighted by atomic mass is 9.87. The number of likely N-dealkylation sites (tertiary alicyclic amines) is 1. The molecule has 0 aliphatic carbocycles. The molecule has 0 atom stereocenters. The van der Waals surface area contributed by atoms with Crippen molar-refractivity contribution >= 4 is 23.5 Å². The molecule has 2 fully saturated rings. The van der Waals surface area contributed by atoms with Crippen LogP contribution >= 0.6 is 0 Å². The fourth-order valence-corrected chi connectivity index (χ4v) is 3.97. The second-order valence-electron chi connectivity index (χ2n) is 7.43. The number of amides is 4. The number of urea groups is 1. The Morgan fingerprint density at radius 3 is 2.44 bits per heavy atom. The molecule has 142 valence electrons. The number of hydrogen-bond acceptors (Lipinski definition) is 4. The zero-order valence-electron chi connectivity index (χ0n) is 15.4. The van der Waals surface area contributed by atoms with Gasteiger partial charge in [-0.05, 0) is 50.5 Å². The molecular weight excluding hydrogens is 346 g/mol. The number of hydrogen-bond donors (Lipinski definition) is 1. The van der Waals surface area contributed by atoms with Gasteiger partial charge in [0.05, 0.1) is 12.2 Å². The van der Waals surface area contributed by atoms with E-state index < -0.39 is 6.03 Å². The van der Waals surface area contributed by atoms with Crippen LogP contribution in [0.15, 0.2) is 35.9 Å². The van der Waals surface area contributed by atoms with Crippen molar-refractivity contribution in [3.05, 3.63) is 41.5 Å². The molecule has 0 bridgehead atoms. The summed E-state index contributed by atoms with van der Waals surface area (Å²) in [5, 5.41) is 2.24. The van der Waals surface area contributed by atoms with E-state index in [9.17, 15) is 14.4 Å². The SMILES string of the molecule is CC1=CC2(CCN(C(=O)c3ccc(N4CC(=O)NC4=O)cc3)CC2)OCC1. The van der Waals surface area contributed by atoms with Gasteiger partial charge in [-0.25, -0.2) is 4.79 Å². The van der Waals surface area contributed by atoms with E-state index >= 15 is 0 Å². The van der Waals surface area contributed by atoms with Crippen molar-refractivity contribution < 1.29 is 19.1 Å². The van der Waals surface area contributed by atoms with Gasteiger partial charge in [0.2, 0.25) is 5.91 Å². The molecule has 4 rings (SSSR count). The lowest BCUT2D eigenvalue weighted by Gasteiger charge is -2.42. The molecule has 1 aromatic carbocycles. The number of carbonyl (C=O) groups excluding carboxylic acids is 3. The van der Waals surface area contributed by atoms with Crippen molar-refractivity contribution in [2.24, 2.45) is 0 Å². The number of ether oxygens (including phenoxy) is 1. The molecule has 7 nitrogen and oxygen atoms in total.